The van der Waals surface area contributed by atoms with Crippen LogP contribution in [0.2, 0.25) is 0 Å². The topological polar surface area (TPSA) is 85.9 Å². The van der Waals surface area contributed by atoms with E-state index in [4.69, 9.17) is 19.7 Å². The molecule has 160 valence electrons. The molecule has 0 amide bonds. The average molecular weight is 427 g/mol. The molecule has 0 spiro atoms. The number of aliphatic imine (C=N–C) groups is 1. The Bertz CT molecular complexity index is 1260. The Morgan fingerprint density at radius 2 is 1.69 bits per heavy atom. The largest absolute Gasteiger partial charge is 0.493 e. The van der Waals surface area contributed by atoms with Crippen LogP contribution in [0.25, 0.3) is 16.9 Å². The van der Waals surface area contributed by atoms with Crippen LogP contribution in [-0.4, -0.2) is 41.3 Å². The molecule has 4 rings (SSSR count). The number of nitrogens with zero attached hydrogens (tertiary/aromatic N) is 3. The van der Waals surface area contributed by atoms with Crippen molar-refractivity contribution in [2.45, 2.75) is 0 Å². The van der Waals surface area contributed by atoms with E-state index in [1.807, 2.05) is 54.7 Å². The minimum absolute atomic E-state index is 0.215. The van der Waals surface area contributed by atoms with Crippen molar-refractivity contribution in [1.82, 2.24) is 9.78 Å². The third-order valence-electron chi connectivity index (χ3n) is 4.89. The normalized spacial score (nSPS) is 10.9. The van der Waals surface area contributed by atoms with Gasteiger partial charge in [-0.3, -0.25) is 4.99 Å². The predicted octanol–water partition coefficient (Wildman–Crippen LogP) is 5.01. The molecule has 0 aliphatic heterocycles. The van der Waals surface area contributed by atoms with E-state index in [0.717, 1.165) is 22.5 Å². The molecule has 32 heavy (non-hydrogen) atoms. The summed E-state index contributed by atoms with van der Waals surface area (Å²) in [6.45, 7) is 0. The lowest BCUT2D eigenvalue weighted by Crippen LogP contribution is -1.95. The zero-order valence-corrected chi connectivity index (χ0v) is 17.6. The van der Waals surface area contributed by atoms with Crippen molar-refractivity contribution in [2.24, 2.45) is 4.99 Å². The first-order valence-corrected chi connectivity index (χ1v) is 9.84. The summed E-state index contributed by atoms with van der Waals surface area (Å²) in [6, 6.07) is 21.8. The summed E-state index contributed by atoms with van der Waals surface area (Å²) in [7, 11) is 3.18. The molecule has 0 unspecified atom stereocenters. The molecule has 0 aliphatic rings. The lowest BCUT2D eigenvalue weighted by molar-refractivity contribution is 0.0697. The van der Waals surface area contributed by atoms with Crippen LogP contribution in [-0.2, 0) is 0 Å². The fourth-order valence-electron chi connectivity index (χ4n) is 3.24. The first-order valence-electron chi connectivity index (χ1n) is 9.84. The highest BCUT2D eigenvalue weighted by Crippen LogP contribution is 2.33. The number of ether oxygens (including phenoxy) is 2. The van der Waals surface area contributed by atoms with Crippen molar-refractivity contribution in [2.75, 3.05) is 14.2 Å². The summed E-state index contributed by atoms with van der Waals surface area (Å²) < 4.78 is 12.6. The number of carboxylic acid groups (broad SMARTS) is 1. The number of aromatic nitrogens is 2. The van der Waals surface area contributed by atoms with Gasteiger partial charge in [-0.05, 0) is 54.6 Å². The van der Waals surface area contributed by atoms with Crippen LogP contribution < -0.4 is 9.47 Å². The summed E-state index contributed by atoms with van der Waals surface area (Å²) in [5, 5.41) is 13.9. The van der Waals surface area contributed by atoms with Gasteiger partial charge in [0.05, 0.1) is 31.2 Å². The number of benzene rings is 3. The van der Waals surface area contributed by atoms with Crippen molar-refractivity contribution < 1.29 is 19.4 Å². The first-order chi connectivity index (χ1) is 15.6. The Labute approximate surface area is 185 Å². The zero-order chi connectivity index (χ0) is 22.5. The van der Waals surface area contributed by atoms with Crippen molar-refractivity contribution in [3.05, 3.63) is 90.1 Å². The van der Waals surface area contributed by atoms with E-state index in [9.17, 15) is 4.79 Å². The van der Waals surface area contributed by atoms with Crippen LogP contribution >= 0.6 is 0 Å². The van der Waals surface area contributed by atoms with E-state index >= 15 is 0 Å². The zero-order valence-electron chi connectivity index (χ0n) is 17.6. The Morgan fingerprint density at radius 3 is 2.34 bits per heavy atom. The van der Waals surface area contributed by atoms with E-state index in [1.54, 1.807) is 37.2 Å². The van der Waals surface area contributed by atoms with Gasteiger partial charge in [0.15, 0.2) is 11.5 Å². The molecule has 0 atom stereocenters. The van der Waals surface area contributed by atoms with Crippen LogP contribution in [0.4, 0.5) is 5.69 Å². The number of aromatic carboxylic acids is 1. The predicted molar refractivity (Wildman–Crippen MR) is 123 cm³/mol. The second kappa shape index (κ2) is 9.18. The van der Waals surface area contributed by atoms with Gasteiger partial charge >= 0.3 is 5.97 Å². The van der Waals surface area contributed by atoms with Crippen molar-refractivity contribution in [1.29, 1.82) is 0 Å². The molecule has 3 aromatic carbocycles. The molecule has 7 nitrogen and oxygen atoms in total. The number of carboxylic acids is 1. The molecule has 0 bridgehead atoms. The lowest BCUT2D eigenvalue weighted by atomic mass is 10.1. The summed E-state index contributed by atoms with van der Waals surface area (Å²) in [4.78, 5) is 15.6. The van der Waals surface area contributed by atoms with E-state index in [1.165, 1.54) is 12.1 Å². The second-order valence-electron chi connectivity index (χ2n) is 6.89. The number of hydrogen-bond acceptors (Lipinski definition) is 5. The standard InChI is InChI=1S/C25H21N3O4/c1-31-22-13-10-18(14-23(22)32-2)24-19(16-28(27-24)21-6-4-3-5-7-21)15-26-20-11-8-17(9-12-20)25(29)30/h3-16H,1-2H3,(H,29,30). The Morgan fingerprint density at radius 1 is 0.969 bits per heavy atom. The van der Waals surface area contributed by atoms with Crippen molar-refractivity contribution >= 4 is 17.9 Å². The lowest BCUT2D eigenvalue weighted by Gasteiger charge is -2.09. The highest BCUT2D eigenvalue weighted by atomic mass is 16.5. The maximum absolute atomic E-state index is 11.1. The molecule has 1 heterocycles. The summed E-state index contributed by atoms with van der Waals surface area (Å²) >= 11 is 0. The molecular formula is C25H21N3O4. The Kier molecular flexibility index (Phi) is 5.98. The van der Waals surface area contributed by atoms with Gasteiger partial charge in [-0.1, -0.05) is 18.2 Å². The van der Waals surface area contributed by atoms with Crippen molar-refractivity contribution in [3.63, 3.8) is 0 Å². The van der Waals surface area contributed by atoms with E-state index in [0.29, 0.717) is 17.2 Å². The minimum atomic E-state index is -0.972. The molecule has 1 aromatic heterocycles. The van der Waals surface area contributed by atoms with Crippen LogP contribution in [0.3, 0.4) is 0 Å². The van der Waals surface area contributed by atoms with Crippen LogP contribution in [0.15, 0.2) is 84.0 Å². The molecule has 0 saturated carbocycles. The molecule has 0 fully saturated rings. The SMILES string of the molecule is COc1ccc(-c2nn(-c3ccccc3)cc2C=Nc2ccc(C(=O)O)cc2)cc1OC. The molecule has 1 N–H and O–H groups in total. The number of methoxy groups -OCH3 is 2. The minimum Gasteiger partial charge on any atom is -0.493 e. The Hall–Kier alpha value is -4.39. The number of rotatable bonds is 7. The summed E-state index contributed by atoms with van der Waals surface area (Å²) in [5.41, 5.74) is 4.14. The average Bonchev–Trinajstić information content (AvgIpc) is 3.27. The molecule has 0 saturated heterocycles. The maximum Gasteiger partial charge on any atom is 0.335 e. The first kappa shape index (κ1) is 20.9. The fraction of sp³-hybridized carbons (Fsp3) is 0.0800. The molecule has 4 aromatic rings. The van der Waals surface area contributed by atoms with Crippen LogP contribution in [0.5, 0.6) is 11.5 Å². The molecule has 7 heteroatoms. The maximum atomic E-state index is 11.1. The summed E-state index contributed by atoms with van der Waals surface area (Å²) in [6.07, 6.45) is 3.62. The number of para-hydroxylation sites is 1. The van der Waals surface area contributed by atoms with Gasteiger partial charge in [0, 0.05) is 23.5 Å². The van der Waals surface area contributed by atoms with Gasteiger partial charge in [0.2, 0.25) is 0 Å². The monoisotopic (exact) mass is 427 g/mol. The van der Waals surface area contributed by atoms with Crippen molar-refractivity contribution in [3.8, 4) is 28.4 Å². The Balaban J connectivity index is 1.76. The van der Waals surface area contributed by atoms with E-state index in [2.05, 4.69) is 4.99 Å². The van der Waals surface area contributed by atoms with Gasteiger partial charge in [-0.15, -0.1) is 0 Å². The second-order valence-corrected chi connectivity index (χ2v) is 6.89. The third-order valence-corrected chi connectivity index (χ3v) is 4.89. The third kappa shape index (κ3) is 4.37. The van der Waals surface area contributed by atoms with E-state index in [-0.39, 0.29) is 5.56 Å². The molecule has 0 aliphatic carbocycles. The fourth-order valence-corrected chi connectivity index (χ4v) is 3.24. The van der Waals surface area contributed by atoms with Crippen LogP contribution in [0, 0.1) is 0 Å². The number of hydrogen-bond donors (Lipinski definition) is 1. The van der Waals surface area contributed by atoms with Gasteiger partial charge < -0.3 is 14.6 Å². The highest BCUT2D eigenvalue weighted by molar-refractivity contribution is 5.91. The van der Waals surface area contributed by atoms with Gasteiger partial charge in [0.1, 0.15) is 5.69 Å². The summed E-state index contributed by atoms with van der Waals surface area (Å²) in [5.74, 6) is 0.263. The van der Waals surface area contributed by atoms with Crippen LogP contribution in [0.1, 0.15) is 15.9 Å². The van der Waals surface area contributed by atoms with Gasteiger partial charge in [-0.2, -0.15) is 5.10 Å². The van der Waals surface area contributed by atoms with E-state index < -0.39 is 5.97 Å². The highest BCUT2D eigenvalue weighted by Gasteiger charge is 2.14. The molecule has 0 radical (unpaired) electrons. The molecular weight excluding hydrogens is 406 g/mol. The quantitative estimate of drug-likeness (QED) is 0.419. The number of carbonyl (C=O) groups is 1. The van der Waals surface area contributed by atoms with Gasteiger partial charge in [-0.25, -0.2) is 9.48 Å². The van der Waals surface area contributed by atoms with Gasteiger partial charge in [0.25, 0.3) is 0 Å². The smallest absolute Gasteiger partial charge is 0.335 e.